The lowest BCUT2D eigenvalue weighted by Gasteiger charge is -2.47. The number of amides is 1. The van der Waals surface area contributed by atoms with E-state index >= 15 is 0 Å². The Kier molecular flexibility index (Phi) is 6.07. The Labute approximate surface area is 202 Å². The van der Waals surface area contributed by atoms with Gasteiger partial charge in [0, 0.05) is 30.1 Å². The molecule has 0 aromatic heterocycles. The molecule has 5 rings (SSSR count). The van der Waals surface area contributed by atoms with Crippen molar-refractivity contribution in [3.8, 4) is 0 Å². The van der Waals surface area contributed by atoms with E-state index in [0.29, 0.717) is 30.8 Å². The van der Waals surface area contributed by atoms with Crippen LogP contribution in [-0.2, 0) is 20.2 Å². The Morgan fingerprint density at radius 1 is 1.15 bits per heavy atom. The Balaban J connectivity index is 1.26. The number of benzene rings is 1. The van der Waals surface area contributed by atoms with E-state index in [0.717, 1.165) is 57.2 Å². The first-order valence-electron chi connectivity index (χ1n) is 12.5. The summed E-state index contributed by atoms with van der Waals surface area (Å²) in [5.74, 6) is 0.0110. The van der Waals surface area contributed by atoms with E-state index in [2.05, 4.69) is 4.90 Å². The number of likely N-dealkylation sites (tertiary alicyclic amines) is 1. The quantitative estimate of drug-likeness (QED) is 0.639. The van der Waals surface area contributed by atoms with Gasteiger partial charge in [0.15, 0.2) is 0 Å². The first-order valence-corrected chi connectivity index (χ1v) is 14.4. The summed E-state index contributed by atoms with van der Waals surface area (Å²) in [4.78, 5) is 17.2. The minimum atomic E-state index is -3.42. The van der Waals surface area contributed by atoms with E-state index < -0.39 is 10.0 Å². The van der Waals surface area contributed by atoms with Crippen molar-refractivity contribution in [2.45, 2.75) is 75.9 Å². The van der Waals surface area contributed by atoms with Gasteiger partial charge in [0.1, 0.15) is 5.82 Å². The number of hydrogen-bond acceptors (Lipinski definition) is 5. The van der Waals surface area contributed by atoms with Gasteiger partial charge in [0.25, 0.3) is 0 Å². The zero-order valence-corrected chi connectivity index (χ0v) is 21.2. The molecule has 1 spiro atoms. The first kappa shape index (κ1) is 23.9. The van der Waals surface area contributed by atoms with Crippen LogP contribution in [-0.4, -0.2) is 74.9 Å². The summed E-state index contributed by atoms with van der Waals surface area (Å²) in [5, 5.41) is 0. The molecule has 3 fully saturated rings. The van der Waals surface area contributed by atoms with Crippen LogP contribution in [0.15, 0.2) is 18.2 Å². The van der Waals surface area contributed by atoms with Crippen LogP contribution < -0.4 is 4.31 Å². The third-order valence-electron chi connectivity index (χ3n) is 8.38. The number of hydrogen-bond donors (Lipinski definition) is 0. The van der Waals surface area contributed by atoms with E-state index in [-0.39, 0.29) is 29.4 Å². The molecule has 1 aromatic carbocycles. The summed E-state index contributed by atoms with van der Waals surface area (Å²) in [5.41, 5.74) is 1.13. The van der Waals surface area contributed by atoms with Gasteiger partial charge in [-0.3, -0.25) is 4.31 Å². The second-order valence-corrected chi connectivity index (χ2v) is 13.0. The molecule has 9 heteroatoms. The topological polar surface area (TPSA) is 70.2 Å². The molecule has 2 atom stereocenters. The predicted octanol–water partition coefficient (Wildman–Crippen LogP) is 3.73. The number of rotatable bonds is 4. The van der Waals surface area contributed by atoms with E-state index in [4.69, 9.17) is 4.74 Å². The molecule has 1 aromatic rings. The highest BCUT2D eigenvalue weighted by molar-refractivity contribution is 7.92. The van der Waals surface area contributed by atoms with Crippen LogP contribution in [0.1, 0.15) is 57.9 Å². The van der Waals surface area contributed by atoms with E-state index in [9.17, 15) is 17.6 Å². The van der Waals surface area contributed by atoms with Crippen molar-refractivity contribution >= 4 is 21.8 Å². The van der Waals surface area contributed by atoms with Crippen LogP contribution in [0.3, 0.4) is 0 Å². The van der Waals surface area contributed by atoms with Crippen molar-refractivity contribution in [1.82, 2.24) is 9.80 Å². The van der Waals surface area contributed by atoms with Crippen LogP contribution in [0, 0.1) is 11.7 Å². The maximum Gasteiger partial charge on any atom is 0.410 e. The molecule has 34 heavy (non-hydrogen) atoms. The molecule has 4 aliphatic heterocycles. The van der Waals surface area contributed by atoms with Crippen LogP contribution >= 0.6 is 0 Å². The summed E-state index contributed by atoms with van der Waals surface area (Å²) >= 11 is 0. The summed E-state index contributed by atoms with van der Waals surface area (Å²) in [6.07, 6.45) is 6.66. The molecule has 7 nitrogen and oxygen atoms in total. The number of piperidine rings is 2. The third kappa shape index (κ3) is 4.19. The van der Waals surface area contributed by atoms with Crippen molar-refractivity contribution in [2.75, 3.05) is 36.8 Å². The largest absolute Gasteiger partial charge is 0.449 e. The first-order chi connectivity index (χ1) is 16.1. The van der Waals surface area contributed by atoms with E-state index in [1.165, 1.54) is 22.7 Å². The van der Waals surface area contributed by atoms with Crippen molar-refractivity contribution in [3.63, 3.8) is 0 Å². The molecule has 0 radical (unpaired) electrons. The van der Waals surface area contributed by atoms with Gasteiger partial charge in [-0.15, -0.1) is 0 Å². The van der Waals surface area contributed by atoms with Gasteiger partial charge >= 0.3 is 6.09 Å². The minimum Gasteiger partial charge on any atom is -0.449 e. The van der Waals surface area contributed by atoms with Crippen LogP contribution in [0.4, 0.5) is 14.9 Å². The SMILES string of the molecule is CC(C)COC(=O)N1C2CCC1CC(N1CCC3(CC1)CN(S(C)(=O)=O)c1ccc(F)cc13)C2. The van der Waals surface area contributed by atoms with E-state index in [1.54, 1.807) is 6.07 Å². The molecule has 188 valence electrons. The highest BCUT2D eigenvalue weighted by atomic mass is 32.2. The number of fused-ring (bicyclic) bond motifs is 4. The van der Waals surface area contributed by atoms with Gasteiger partial charge in [-0.1, -0.05) is 13.8 Å². The summed E-state index contributed by atoms with van der Waals surface area (Å²) in [6, 6.07) is 5.39. The molecule has 2 unspecified atom stereocenters. The minimum absolute atomic E-state index is 0.164. The van der Waals surface area contributed by atoms with Crippen molar-refractivity contribution < 1.29 is 22.3 Å². The molecule has 0 N–H and O–H groups in total. The fourth-order valence-electron chi connectivity index (χ4n) is 6.69. The van der Waals surface area contributed by atoms with Crippen molar-refractivity contribution in [3.05, 3.63) is 29.6 Å². The predicted molar refractivity (Wildman–Crippen MR) is 129 cm³/mol. The molecule has 1 amide bonds. The number of carbonyl (C=O) groups is 1. The molecule has 0 aliphatic carbocycles. The van der Waals surface area contributed by atoms with Crippen LogP contribution in [0.5, 0.6) is 0 Å². The smallest absolute Gasteiger partial charge is 0.410 e. The number of sulfonamides is 1. The van der Waals surface area contributed by atoms with Gasteiger partial charge in [0.05, 0.1) is 18.6 Å². The number of anilines is 1. The second kappa shape index (κ2) is 8.66. The zero-order valence-electron chi connectivity index (χ0n) is 20.4. The summed E-state index contributed by atoms with van der Waals surface area (Å²) in [6.45, 7) is 6.65. The Morgan fingerprint density at radius 2 is 1.79 bits per heavy atom. The maximum absolute atomic E-state index is 14.2. The Bertz CT molecular complexity index is 1040. The molecule has 0 saturated carbocycles. The number of halogens is 1. The molecule has 4 aliphatic rings. The molecule has 4 heterocycles. The van der Waals surface area contributed by atoms with Gasteiger partial charge in [0.2, 0.25) is 10.0 Å². The number of ether oxygens (including phenoxy) is 1. The lowest BCUT2D eigenvalue weighted by molar-refractivity contribution is 0.0238. The van der Waals surface area contributed by atoms with E-state index in [1.807, 2.05) is 18.7 Å². The van der Waals surface area contributed by atoms with Crippen molar-refractivity contribution in [2.24, 2.45) is 5.92 Å². The fraction of sp³-hybridized carbons (Fsp3) is 0.720. The standard InChI is InChI=1S/C25H36FN3O4S/c1-17(2)15-33-24(30)29-19-5-6-20(29)14-21(13-19)27-10-8-25(9-11-27)16-28(34(3,31)32)23-7-4-18(26)12-22(23)25/h4,7,12,17,19-21H,5-6,8-11,13-16H2,1-3H3. The highest BCUT2D eigenvalue weighted by Crippen LogP contribution is 2.49. The highest BCUT2D eigenvalue weighted by Gasteiger charge is 2.50. The Hall–Kier alpha value is -1.87. The van der Waals surface area contributed by atoms with Gasteiger partial charge < -0.3 is 14.5 Å². The zero-order chi connectivity index (χ0) is 24.3. The lowest BCUT2D eigenvalue weighted by atomic mass is 9.73. The van der Waals surface area contributed by atoms with Crippen molar-refractivity contribution in [1.29, 1.82) is 0 Å². The molecule has 3 saturated heterocycles. The van der Waals surface area contributed by atoms with Crippen LogP contribution in [0.25, 0.3) is 0 Å². The van der Waals surface area contributed by atoms with Gasteiger partial charge in [-0.05, 0) is 81.3 Å². The second-order valence-electron chi connectivity index (χ2n) is 11.1. The lowest BCUT2D eigenvalue weighted by Crippen LogP contribution is -2.55. The van der Waals surface area contributed by atoms with Crippen LogP contribution in [0.2, 0.25) is 0 Å². The number of carbonyl (C=O) groups excluding carboxylic acids is 1. The van der Waals surface area contributed by atoms with Gasteiger partial charge in [-0.2, -0.15) is 0 Å². The summed E-state index contributed by atoms with van der Waals surface area (Å²) < 4.78 is 46.1. The molecule has 2 bridgehead atoms. The fourth-order valence-corrected chi connectivity index (χ4v) is 7.69. The third-order valence-corrected chi connectivity index (χ3v) is 9.50. The normalized spacial score (nSPS) is 28.6. The van der Waals surface area contributed by atoms with Gasteiger partial charge in [-0.25, -0.2) is 17.6 Å². The average Bonchev–Trinajstić information content (AvgIpc) is 3.23. The average molecular weight is 494 g/mol. The summed E-state index contributed by atoms with van der Waals surface area (Å²) in [7, 11) is -3.42. The molecular formula is C25H36FN3O4S. The monoisotopic (exact) mass is 493 g/mol. The Morgan fingerprint density at radius 3 is 2.38 bits per heavy atom. The molecular weight excluding hydrogens is 457 g/mol. The number of nitrogens with zero attached hydrogens (tertiary/aromatic N) is 3. The maximum atomic E-state index is 14.2.